The van der Waals surface area contributed by atoms with Gasteiger partial charge in [-0.3, -0.25) is 0 Å². The molecule has 0 N–H and O–H groups in total. The first-order chi connectivity index (χ1) is 29.8. The molecule has 0 fully saturated rings. The molecule has 0 aromatic heterocycles. The SMILES string of the molecule is c1cc(-c2cccc3c2Oc2cc4c(cc2O3)-c2ccccc2C42c3ccccc3-c3ccccc32)cc(N(c2cccc3ccccc23)c2cccc3ccccc23)c1. The van der Waals surface area contributed by atoms with Gasteiger partial charge in [0.2, 0.25) is 0 Å². The van der Waals surface area contributed by atoms with Gasteiger partial charge >= 0.3 is 0 Å². The van der Waals surface area contributed by atoms with Crippen molar-refractivity contribution < 1.29 is 9.47 Å². The number of nitrogens with zero attached hydrogens (tertiary/aromatic N) is 1. The maximum absolute atomic E-state index is 7.11. The van der Waals surface area contributed by atoms with Gasteiger partial charge in [-0.25, -0.2) is 0 Å². The molecule has 1 spiro atoms. The van der Waals surface area contributed by atoms with Gasteiger partial charge in [-0.15, -0.1) is 0 Å². The third kappa shape index (κ3) is 4.54. The number of para-hydroxylation sites is 1. The predicted molar refractivity (Wildman–Crippen MR) is 244 cm³/mol. The maximum Gasteiger partial charge on any atom is 0.177 e. The topological polar surface area (TPSA) is 21.7 Å². The molecule has 0 radical (unpaired) electrons. The molecule has 13 rings (SSSR count). The number of fused-ring (bicyclic) bond motifs is 14. The van der Waals surface area contributed by atoms with Gasteiger partial charge < -0.3 is 14.4 Å². The van der Waals surface area contributed by atoms with Crippen LogP contribution in [0.5, 0.6) is 23.0 Å². The zero-order valence-corrected chi connectivity index (χ0v) is 32.5. The lowest BCUT2D eigenvalue weighted by Crippen LogP contribution is -2.25. The van der Waals surface area contributed by atoms with Crippen molar-refractivity contribution in [1.82, 2.24) is 0 Å². The molecule has 60 heavy (non-hydrogen) atoms. The van der Waals surface area contributed by atoms with Crippen molar-refractivity contribution in [2.24, 2.45) is 0 Å². The van der Waals surface area contributed by atoms with Crippen LogP contribution in [0.4, 0.5) is 17.1 Å². The summed E-state index contributed by atoms with van der Waals surface area (Å²) in [6.07, 6.45) is 0. The summed E-state index contributed by atoms with van der Waals surface area (Å²) in [5, 5.41) is 4.75. The number of hydrogen-bond donors (Lipinski definition) is 0. The van der Waals surface area contributed by atoms with Crippen LogP contribution in [0.1, 0.15) is 22.3 Å². The highest BCUT2D eigenvalue weighted by Crippen LogP contribution is 2.65. The molecule has 0 saturated heterocycles. The van der Waals surface area contributed by atoms with E-state index in [1.807, 2.05) is 6.07 Å². The summed E-state index contributed by atoms with van der Waals surface area (Å²) in [6.45, 7) is 0. The van der Waals surface area contributed by atoms with E-state index >= 15 is 0 Å². The van der Waals surface area contributed by atoms with Crippen molar-refractivity contribution in [3.8, 4) is 56.4 Å². The van der Waals surface area contributed by atoms with Crippen molar-refractivity contribution in [3.05, 3.63) is 235 Å². The number of hydrogen-bond acceptors (Lipinski definition) is 3. The molecule has 0 saturated carbocycles. The Labute approximate surface area is 348 Å². The van der Waals surface area contributed by atoms with E-state index in [2.05, 4.69) is 211 Å². The minimum absolute atomic E-state index is 0.474. The molecule has 1 aliphatic heterocycles. The summed E-state index contributed by atoms with van der Waals surface area (Å²) in [5.74, 6) is 2.84. The molecule has 10 aromatic carbocycles. The van der Waals surface area contributed by atoms with E-state index in [9.17, 15) is 0 Å². The second-order valence-electron chi connectivity index (χ2n) is 16.0. The zero-order chi connectivity index (χ0) is 39.4. The maximum atomic E-state index is 7.11. The highest BCUT2D eigenvalue weighted by molar-refractivity contribution is 6.05. The van der Waals surface area contributed by atoms with Crippen LogP contribution in [0, 0.1) is 0 Å². The summed E-state index contributed by atoms with van der Waals surface area (Å²) in [7, 11) is 0. The molecule has 10 aromatic rings. The number of benzene rings is 10. The van der Waals surface area contributed by atoms with Crippen LogP contribution in [0.2, 0.25) is 0 Å². The van der Waals surface area contributed by atoms with Crippen LogP contribution in [0.15, 0.2) is 212 Å². The Morgan fingerprint density at radius 2 is 0.833 bits per heavy atom. The minimum atomic E-state index is -0.474. The molecular formula is C57H35NO2. The first kappa shape index (κ1) is 33.1. The average molecular weight is 766 g/mol. The Bertz CT molecular complexity index is 3280. The molecule has 0 bridgehead atoms. The number of anilines is 3. The van der Waals surface area contributed by atoms with Crippen LogP contribution in [0.25, 0.3) is 54.9 Å². The Morgan fingerprint density at radius 3 is 1.48 bits per heavy atom. The fraction of sp³-hybridized carbons (Fsp3) is 0.0175. The summed E-state index contributed by atoms with van der Waals surface area (Å²) < 4.78 is 14.0. The third-order valence-electron chi connectivity index (χ3n) is 12.9. The van der Waals surface area contributed by atoms with Gasteiger partial charge in [0, 0.05) is 22.0 Å². The quantitative estimate of drug-likeness (QED) is 0.178. The van der Waals surface area contributed by atoms with Crippen molar-refractivity contribution >= 4 is 38.6 Å². The lowest BCUT2D eigenvalue weighted by atomic mass is 9.70. The Kier molecular flexibility index (Phi) is 6.93. The second-order valence-corrected chi connectivity index (χ2v) is 16.0. The lowest BCUT2D eigenvalue weighted by molar-refractivity contribution is 0.360. The Balaban J connectivity index is 0.970. The minimum Gasteiger partial charge on any atom is -0.449 e. The largest absolute Gasteiger partial charge is 0.449 e. The smallest absolute Gasteiger partial charge is 0.177 e. The number of rotatable bonds is 4. The highest BCUT2D eigenvalue weighted by atomic mass is 16.6. The van der Waals surface area contributed by atoms with E-state index in [4.69, 9.17) is 9.47 Å². The predicted octanol–water partition coefficient (Wildman–Crippen LogP) is 15.4. The highest BCUT2D eigenvalue weighted by Gasteiger charge is 2.52. The summed E-state index contributed by atoms with van der Waals surface area (Å²) in [6, 6.07) is 76.4. The first-order valence-electron chi connectivity index (χ1n) is 20.6. The monoisotopic (exact) mass is 765 g/mol. The van der Waals surface area contributed by atoms with Gasteiger partial charge in [-0.2, -0.15) is 0 Å². The van der Waals surface area contributed by atoms with Crippen LogP contribution >= 0.6 is 0 Å². The van der Waals surface area contributed by atoms with Crippen molar-refractivity contribution in [1.29, 1.82) is 0 Å². The van der Waals surface area contributed by atoms with Gasteiger partial charge in [-0.1, -0.05) is 170 Å². The van der Waals surface area contributed by atoms with E-state index in [0.29, 0.717) is 17.2 Å². The van der Waals surface area contributed by atoms with Gasteiger partial charge in [-0.05, 0) is 103 Å². The molecule has 280 valence electrons. The fourth-order valence-electron chi connectivity index (χ4n) is 10.4. The lowest BCUT2D eigenvalue weighted by Gasteiger charge is -2.31. The van der Waals surface area contributed by atoms with Crippen LogP contribution < -0.4 is 14.4 Å². The van der Waals surface area contributed by atoms with Crippen molar-refractivity contribution in [2.45, 2.75) is 5.41 Å². The molecule has 3 aliphatic rings. The van der Waals surface area contributed by atoms with Gasteiger partial charge in [0.1, 0.15) is 0 Å². The molecular weight excluding hydrogens is 731 g/mol. The number of ether oxygens (including phenoxy) is 2. The summed E-state index contributed by atoms with van der Waals surface area (Å²) in [5.41, 5.74) is 14.9. The molecule has 0 atom stereocenters. The molecule has 0 amide bonds. The van der Waals surface area contributed by atoms with E-state index in [-0.39, 0.29) is 0 Å². The van der Waals surface area contributed by atoms with Crippen molar-refractivity contribution in [2.75, 3.05) is 4.90 Å². The van der Waals surface area contributed by atoms with Gasteiger partial charge in [0.15, 0.2) is 23.0 Å². The molecule has 3 nitrogen and oxygen atoms in total. The summed E-state index contributed by atoms with van der Waals surface area (Å²) >= 11 is 0. The van der Waals surface area contributed by atoms with Crippen LogP contribution in [-0.4, -0.2) is 0 Å². The van der Waals surface area contributed by atoms with Crippen molar-refractivity contribution in [3.63, 3.8) is 0 Å². The third-order valence-corrected chi connectivity index (χ3v) is 12.9. The molecule has 0 unspecified atom stereocenters. The second kappa shape index (κ2) is 12.6. The van der Waals surface area contributed by atoms with Crippen LogP contribution in [-0.2, 0) is 5.41 Å². The average Bonchev–Trinajstić information content (AvgIpc) is 3.77. The Morgan fingerprint density at radius 1 is 0.333 bits per heavy atom. The Hall–Kier alpha value is -7.88. The standard InChI is InChI=1S/C57H35NO2/c1-3-21-40-36(15-1)17-12-30-51(40)58(52-31-13-18-37-16-2-4-22-41(37)52)39-20-11-19-38(33-39)42-26-14-32-53-56(42)60-55-35-50-46(34-54(55)59-53)45-25-7-10-29-49(45)57(50)47-27-8-5-23-43(47)44-24-6-9-28-48(44)57/h1-35H. The zero-order valence-electron chi connectivity index (χ0n) is 32.5. The molecule has 3 heteroatoms. The fourth-order valence-corrected chi connectivity index (χ4v) is 10.4. The van der Waals surface area contributed by atoms with Gasteiger partial charge in [0.05, 0.1) is 16.8 Å². The molecule has 2 aliphatic carbocycles. The van der Waals surface area contributed by atoms with Gasteiger partial charge in [0.25, 0.3) is 0 Å². The first-order valence-corrected chi connectivity index (χ1v) is 20.6. The van der Waals surface area contributed by atoms with E-state index in [1.54, 1.807) is 0 Å². The summed E-state index contributed by atoms with van der Waals surface area (Å²) in [4.78, 5) is 2.40. The normalized spacial score (nSPS) is 13.4. The van der Waals surface area contributed by atoms with E-state index in [1.165, 1.54) is 66.1 Å². The van der Waals surface area contributed by atoms with E-state index < -0.39 is 5.41 Å². The van der Waals surface area contributed by atoms with E-state index in [0.717, 1.165) is 33.9 Å². The van der Waals surface area contributed by atoms with Crippen LogP contribution in [0.3, 0.4) is 0 Å². The molecule has 1 heterocycles.